The fraction of sp³-hybridized carbons (Fsp3) is 0.154. The number of amides is 2. The summed E-state index contributed by atoms with van der Waals surface area (Å²) in [7, 11) is 0. The molecule has 182 valence electrons. The van der Waals surface area contributed by atoms with Gasteiger partial charge in [-0.1, -0.05) is 70.7 Å². The number of benzene rings is 3. The molecule has 4 aromatic rings. The summed E-state index contributed by atoms with van der Waals surface area (Å²) in [6.45, 7) is 1.13. The SMILES string of the molecule is NCCc1ccc(Cl)c(Cl)c1.O=C(NCCc1ccc(Cl)c(Cl)c1)Nc1cccc2cnccc12. The predicted octanol–water partition coefficient (Wildman–Crippen LogP) is 7.40. The first-order valence-electron chi connectivity index (χ1n) is 10.8. The molecule has 5 nitrogen and oxygen atoms in total. The number of aromatic nitrogens is 1. The number of carbonyl (C=O) groups excluding carboxylic acids is 1. The molecular weight excluding hydrogens is 526 g/mol. The van der Waals surface area contributed by atoms with Crippen LogP contribution in [0.3, 0.4) is 0 Å². The largest absolute Gasteiger partial charge is 0.338 e. The molecule has 0 bridgehead atoms. The maximum Gasteiger partial charge on any atom is 0.319 e. The van der Waals surface area contributed by atoms with E-state index in [1.54, 1.807) is 30.6 Å². The van der Waals surface area contributed by atoms with Gasteiger partial charge in [0.25, 0.3) is 0 Å². The maximum atomic E-state index is 12.1. The number of pyridine rings is 1. The summed E-state index contributed by atoms with van der Waals surface area (Å²) in [5, 5.41) is 9.86. The number of rotatable bonds is 6. The Hall–Kier alpha value is -2.54. The van der Waals surface area contributed by atoms with E-state index >= 15 is 0 Å². The molecule has 0 aliphatic rings. The maximum absolute atomic E-state index is 12.1. The Morgan fingerprint density at radius 1 is 0.829 bits per heavy atom. The van der Waals surface area contributed by atoms with Crippen LogP contribution >= 0.6 is 46.4 Å². The summed E-state index contributed by atoms with van der Waals surface area (Å²) in [6.07, 6.45) is 4.99. The van der Waals surface area contributed by atoms with Gasteiger partial charge in [-0.25, -0.2) is 4.79 Å². The van der Waals surface area contributed by atoms with Crippen LogP contribution < -0.4 is 16.4 Å². The van der Waals surface area contributed by atoms with E-state index in [1.807, 2.05) is 42.5 Å². The quantitative estimate of drug-likeness (QED) is 0.234. The number of hydrogen-bond donors (Lipinski definition) is 3. The lowest BCUT2D eigenvalue weighted by Gasteiger charge is -2.10. The molecule has 1 heterocycles. The highest BCUT2D eigenvalue weighted by atomic mass is 35.5. The number of hydrogen-bond acceptors (Lipinski definition) is 3. The van der Waals surface area contributed by atoms with E-state index < -0.39 is 0 Å². The van der Waals surface area contributed by atoms with Crippen LogP contribution in [-0.2, 0) is 12.8 Å². The minimum Gasteiger partial charge on any atom is -0.338 e. The topological polar surface area (TPSA) is 80.0 Å². The number of urea groups is 1. The molecule has 0 fully saturated rings. The first-order chi connectivity index (χ1) is 16.9. The zero-order valence-corrected chi connectivity index (χ0v) is 21.7. The van der Waals surface area contributed by atoms with Crippen LogP contribution in [0.15, 0.2) is 73.1 Å². The molecule has 0 radical (unpaired) electrons. The number of fused-ring (bicyclic) bond motifs is 1. The summed E-state index contributed by atoms with van der Waals surface area (Å²) < 4.78 is 0. The van der Waals surface area contributed by atoms with Gasteiger partial charge in [-0.2, -0.15) is 0 Å². The van der Waals surface area contributed by atoms with Gasteiger partial charge in [0.2, 0.25) is 0 Å². The Bertz CT molecular complexity index is 1290. The fourth-order valence-corrected chi connectivity index (χ4v) is 3.92. The number of carbonyl (C=O) groups is 1. The lowest BCUT2D eigenvalue weighted by Crippen LogP contribution is -2.30. The Morgan fingerprint density at radius 3 is 2.11 bits per heavy atom. The van der Waals surface area contributed by atoms with Gasteiger partial charge in [-0.15, -0.1) is 0 Å². The molecule has 3 aromatic carbocycles. The fourth-order valence-electron chi connectivity index (χ4n) is 3.28. The van der Waals surface area contributed by atoms with Crippen LogP contribution in [0.5, 0.6) is 0 Å². The number of halogens is 4. The standard InChI is InChI=1S/C18H15Cl2N3O.C8H9Cl2N/c19-15-5-4-12(10-16(15)20)6-9-22-18(24)23-17-3-1-2-13-11-21-8-7-14(13)17;9-7-2-1-6(3-4-11)5-8(7)10/h1-5,7-8,10-11H,6,9H2,(H2,22,23,24);1-2,5H,3-4,11H2. The van der Waals surface area contributed by atoms with Gasteiger partial charge in [0, 0.05) is 29.7 Å². The van der Waals surface area contributed by atoms with Crippen molar-refractivity contribution < 1.29 is 4.79 Å². The van der Waals surface area contributed by atoms with Crippen LogP contribution in [0.1, 0.15) is 11.1 Å². The zero-order valence-electron chi connectivity index (χ0n) is 18.7. The molecule has 0 unspecified atom stereocenters. The Balaban J connectivity index is 0.000000261. The van der Waals surface area contributed by atoms with Crippen molar-refractivity contribution >= 4 is 68.9 Å². The summed E-state index contributed by atoms with van der Waals surface area (Å²) in [6, 6.07) is 18.3. The summed E-state index contributed by atoms with van der Waals surface area (Å²) in [5.41, 5.74) is 8.27. The Morgan fingerprint density at radius 2 is 1.49 bits per heavy atom. The van der Waals surface area contributed by atoms with E-state index in [0.29, 0.717) is 39.6 Å². The number of nitrogens with one attached hydrogen (secondary N) is 2. The van der Waals surface area contributed by atoms with Crippen LogP contribution in [0, 0.1) is 0 Å². The van der Waals surface area contributed by atoms with E-state index in [1.165, 1.54) is 0 Å². The van der Waals surface area contributed by atoms with Gasteiger partial charge in [0.05, 0.1) is 25.8 Å². The minimum absolute atomic E-state index is 0.251. The van der Waals surface area contributed by atoms with Gasteiger partial charge in [-0.05, 0) is 66.9 Å². The summed E-state index contributed by atoms with van der Waals surface area (Å²) >= 11 is 23.4. The van der Waals surface area contributed by atoms with Crippen molar-refractivity contribution in [1.82, 2.24) is 10.3 Å². The van der Waals surface area contributed by atoms with Gasteiger partial charge < -0.3 is 16.4 Å². The van der Waals surface area contributed by atoms with Crippen molar-refractivity contribution in [3.8, 4) is 0 Å². The monoisotopic (exact) mass is 548 g/mol. The van der Waals surface area contributed by atoms with Crippen molar-refractivity contribution in [3.63, 3.8) is 0 Å². The van der Waals surface area contributed by atoms with Crippen molar-refractivity contribution in [2.45, 2.75) is 12.8 Å². The van der Waals surface area contributed by atoms with Crippen molar-refractivity contribution in [3.05, 3.63) is 104 Å². The van der Waals surface area contributed by atoms with Crippen molar-refractivity contribution in [2.24, 2.45) is 5.73 Å². The molecule has 0 saturated carbocycles. The van der Waals surface area contributed by atoms with E-state index in [-0.39, 0.29) is 6.03 Å². The van der Waals surface area contributed by atoms with Crippen molar-refractivity contribution in [2.75, 3.05) is 18.4 Å². The molecule has 0 spiro atoms. The molecule has 0 saturated heterocycles. The second-order valence-electron chi connectivity index (χ2n) is 7.57. The number of nitrogens with two attached hydrogens (primary N) is 1. The highest BCUT2D eigenvalue weighted by Gasteiger charge is 2.06. The average Bonchev–Trinajstić information content (AvgIpc) is 2.84. The zero-order chi connectivity index (χ0) is 25.2. The lowest BCUT2D eigenvalue weighted by molar-refractivity contribution is 0.252. The third-order valence-corrected chi connectivity index (χ3v) is 6.51. The van der Waals surface area contributed by atoms with Gasteiger partial charge >= 0.3 is 6.03 Å². The molecular formula is C26H24Cl4N4O. The highest BCUT2D eigenvalue weighted by molar-refractivity contribution is 6.42. The molecule has 9 heteroatoms. The molecule has 4 N–H and O–H groups in total. The smallest absolute Gasteiger partial charge is 0.319 e. The molecule has 2 amide bonds. The number of anilines is 1. The molecule has 35 heavy (non-hydrogen) atoms. The van der Waals surface area contributed by atoms with Gasteiger partial charge in [0.15, 0.2) is 0 Å². The Labute approximate surface area is 224 Å². The normalized spacial score (nSPS) is 10.4. The van der Waals surface area contributed by atoms with E-state index in [0.717, 1.165) is 34.0 Å². The molecule has 0 aliphatic heterocycles. The van der Waals surface area contributed by atoms with Crippen LogP contribution in [0.2, 0.25) is 20.1 Å². The molecule has 4 rings (SSSR count). The van der Waals surface area contributed by atoms with Crippen LogP contribution in [-0.4, -0.2) is 24.1 Å². The van der Waals surface area contributed by atoms with Gasteiger partial charge in [0.1, 0.15) is 0 Å². The molecule has 0 aliphatic carbocycles. The summed E-state index contributed by atoms with van der Waals surface area (Å²) in [4.78, 5) is 16.2. The Kier molecular flexibility index (Phi) is 10.5. The second kappa shape index (κ2) is 13.5. The minimum atomic E-state index is -0.251. The second-order valence-corrected chi connectivity index (χ2v) is 9.20. The summed E-state index contributed by atoms with van der Waals surface area (Å²) in [5.74, 6) is 0. The highest BCUT2D eigenvalue weighted by Crippen LogP contribution is 2.24. The first kappa shape index (κ1) is 27.1. The average molecular weight is 550 g/mol. The van der Waals surface area contributed by atoms with E-state index in [9.17, 15) is 4.79 Å². The molecule has 0 atom stereocenters. The van der Waals surface area contributed by atoms with Crippen LogP contribution in [0.25, 0.3) is 10.8 Å². The first-order valence-corrected chi connectivity index (χ1v) is 12.3. The molecule has 1 aromatic heterocycles. The third-order valence-electron chi connectivity index (χ3n) is 5.03. The van der Waals surface area contributed by atoms with Crippen LogP contribution in [0.4, 0.5) is 10.5 Å². The van der Waals surface area contributed by atoms with E-state index in [2.05, 4.69) is 15.6 Å². The van der Waals surface area contributed by atoms with Gasteiger partial charge in [-0.3, -0.25) is 4.98 Å². The lowest BCUT2D eigenvalue weighted by atomic mass is 10.1. The van der Waals surface area contributed by atoms with E-state index in [4.69, 9.17) is 52.1 Å². The predicted molar refractivity (Wildman–Crippen MR) is 148 cm³/mol. The number of nitrogens with zero attached hydrogens (tertiary/aromatic N) is 1. The third kappa shape index (κ3) is 8.27. The van der Waals surface area contributed by atoms with Crippen molar-refractivity contribution in [1.29, 1.82) is 0 Å².